The number of nitrogens with zero attached hydrogens (tertiary/aromatic N) is 2. The first-order valence-corrected chi connectivity index (χ1v) is 16.5. The van der Waals surface area contributed by atoms with Gasteiger partial charge in [0.15, 0.2) is 0 Å². The van der Waals surface area contributed by atoms with Crippen LogP contribution in [0.1, 0.15) is 12.8 Å². The molecule has 0 amide bonds. The normalized spacial score (nSPS) is 27.5. The van der Waals surface area contributed by atoms with Gasteiger partial charge in [-0.15, -0.1) is 13.1 Å². The van der Waals surface area contributed by atoms with E-state index >= 15 is 0 Å². The van der Waals surface area contributed by atoms with E-state index in [4.69, 9.17) is 18.6 Å². The summed E-state index contributed by atoms with van der Waals surface area (Å²) < 4.78 is 2.83. The Morgan fingerprint density at radius 2 is 1.62 bits per heavy atom. The van der Waals surface area contributed by atoms with E-state index in [0.717, 1.165) is 30.5 Å². The first kappa shape index (κ1) is 22.7. The third-order valence-electron chi connectivity index (χ3n) is 6.31. The van der Waals surface area contributed by atoms with Crippen LogP contribution in [0, 0.1) is 19.3 Å². The molecule has 0 radical (unpaired) electrons. The molecule has 2 nitrogen and oxygen atoms in total. The first-order chi connectivity index (χ1) is 12.1. The van der Waals surface area contributed by atoms with Crippen molar-refractivity contribution in [2.24, 2.45) is 11.8 Å². The summed E-state index contributed by atoms with van der Waals surface area (Å²) >= 11 is -0.556. The van der Waals surface area contributed by atoms with Gasteiger partial charge in [-0.1, -0.05) is 55.9 Å². The van der Waals surface area contributed by atoms with Gasteiger partial charge in [-0.05, 0) is 47.3 Å². The molecule has 1 heterocycles. The molecule has 144 valence electrons. The molecule has 1 aromatic carbocycles. The van der Waals surface area contributed by atoms with E-state index in [2.05, 4.69) is 59.4 Å². The molecule has 2 fully saturated rings. The Bertz CT molecular complexity index is 691. The Kier molecular flexibility index (Phi) is 8.94. The molecule has 3 aliphatic rings. The summed E-state index contributed by atoms with van der Waals surface area (Å²) in [6.45, 7) is 9.73. The summed E-state index contributed by atoms with van der Waals surface area (Å²) in [6, 6.07) is 8.93. The third-order valence-corrected chi connectivity index (χ3v) is 10.9. The van der Waals surface area contributed by atoms with Crippen LogP contribution in [0.3, 0.4) is 0 Å². The number of hydrogen-bond acceptors (Lipinski definition) is 1. The Morgan fingerprint density at radius 3 is 2.23 bits per heavy atom. The second-order valence-corrected chi connectivity index (χ2v) is 15.0. The Balaban J connectivity index is 0.000000570. The number of piperazine rings is 1. The fourth-order valence-corrected chi connectivity index (χ4v) is 8.96. The van der Waals surface area contributed by atoms with Crippen LogP contribution in [0.4, 0.5) is 0 Å². The van der Waals surface area contributed by atoms with Crippen molar-refractivity contribution in [2.45, 2.75) is 31.5 Å². The summed E-state index contributed by atoms with van der Waals surface area (Å²) in [4.78, 5) is 0. The average Bonchev–Trinajstić information content (AvgIpc) is 3.04. The maximum atomic E-state index is 4.89. The average molecular weight is 445 g/mol. The van der Waals surface area contributed by atoms with Crippen molar-refractivity contribution in [3.8, 4) is 0 Å². The molecular formula is C20H30Cl2N2SiTi-2. The van der Waals surface area contributed by atoms with Crippen LogP contribution < -0.4 is 10.4 Å². The van der Waals surface area contributed by atoms with Crippen LogP contribution >= 0.6 is 18.6 Å². The van der Waals surface area contributed by atoms with Crippen LogP contribution in [0.5, 0.6) is 0 Å². The molecule has 0 spiro atoms. The third kappa shape index (κ3) is 4.86. The molecule has 6 heteroatoms. The van der Waals surface area contributed by atoms with Crippen molar-refractivity contribution in [3.05, 3.63) is 47.4 Å². The monoisotopic (exact) mass is 444 g/mol. The molecule has 26 heavy (non-hydrogen) atoms. The van der Waals surface area contributed by atoms with Gasteiger partial charge in [0, 0.05) is 0 Å². The van der Waals surface area contributed by atoms with Crippen LogP contribution in [-0.4, -0.2) is 39.0 Å². The van der Waals surface area contributed by atoms with Crippen molar-refractivity contribution in [1.29, 1.82) is 0 Å². The number of fused-ring (bicyclic) bond motifs is 2. The number of benzene rings is 1. The van der Waals surface area contributed by atoms with Crippen LogP contribution in [-0.2, 0) is 17.0 Å². The van der Waals surface area contributed by atoms with Crippen LogP contribution in [0.2, 0.25) is 18.6 Å². The van der Waals surface area contributed by atoms with Crippen LogP contribution in [0.25, 0.3) is 17.5 Å². The van der Waals surface area contributed by atoms with Crippen LogP contribution in [0.15, 0.2) is 24.3 Å². The summed E-state index contributed by atoms with van der Waals surface area (Å²) in [7, 11) is 8.40. The van der Waals surface area contributed by atoms with Crippen molar-refractivity contribution in [3.63, 3.8) is 0 Å². The van der Waals surface area contributed by atoms with E-state index in [0.29, 0.717) is 0 Å². The van der Waals surface area contributed by atoms with Gasteiger partial charge in [0.1, 0.15) is 8.24 Å². The molecule has 1 aromatic rings. The molecule has 3 unspecified atom stereocenters. The SMILES string of the molecule is C[Si](C)(C1CCC2C=c3ccccc3=CC21)N1CC[N-]CC1.[CH3-].[Cl][Ti][Cl]. The topological polar surface area (TPSA) is 17.3 Å². The van der Waals surface area contributed by atoms with E-state index in [-0.39, 0.29) is 7.43 Å². The van der Waals surface area contributed by atoms with Gasteiger partial charge in [0.05, 0.1) is 0 Å². The van der Waals surface area contributed by atoms with E-state index < -0.39 is 25.3 Å². The second kappa shape index (κ2) is 10.2. The Labute approximate surface area is 176 Å². The minimum absolute atomic E-state index is 0. The zero-order chi connectivity index (χ0) is 17.9. The first-order valence-electron chi connectivity index (χ1n) is 9.21. The predicted molar refractivity (Wildman–Crippen MR) is 115 cm³/mol. The molecule has 2 aliphatic carbocycles. The number of halogens is 2. The molecule has 1 saturated carbocycles. The molecule has 3 atom stereocenters. The molecule has 1 aliphatic heterocycles. The molecule has 4 rings (SSSR count). The van der Waals surface area contributed by atoms with Gasteiger partial charge >= 0.3 is 35.6 Å². The van der Waals surface area contributed by atoms with E-state index in [9.17, 15) is 0 Å². The Hall–Kier alpha value is 0.391. The fourth-order valence-electron chi connectivity index (χ4n) is 4.98. The van der Waals surface area contributed by atoms with Crippen molar-refractivity contribution in [2.75, 3.05) is 26.2 Å². The van der Waals surface area contributed by atoms with Gasteiger partial charge < -0.3 is 17.3 Å². The van der Waals surface area contributed by atoms with Gasteiger partial charge in [-0.3, -0.25) is 0 Å². The van der Waals surface area contributed by atoms with Crippen molar-refractivity contribution < 1.29 is 17.0 Å². The summed E-state index contributed by atoms with van der Waals surface area (Å²) in [6.07, 6.45) is 7.98. The molecule has 1 saturated heterocycles. The maximum absolute atomic E-state index is 4.89. The van der Waals surface area contributed by atoms with E-state index in [1.165, 1.54) is 36.4 Å². The summed E-state index contributed by atoms with van der Waals surface area (Å²) in [5.74, 6) is 1.55. The molecular weight excluding hydrogens is 415 g/mol. The van der Waals surface area contributed by atoms with Gasteiger partial charge in [0.2, 0.25) is 0 Å². The molecule has 0 aromatic heterocycles. The standard InChI is InChI=1S/C19H27N2Si.CH3.2ClH.Ti/c1-22(2,21-11-9-20-10-12-21)19-8-7-17-13-15-5-3-4-6-16(15)14-18(17)19;;;;/h3-6,13-14,17-19H,7-12H2,1-2H3;1H3;2*1H;/q2*-1;;;+2/p-2. The number of rotatable bonds is 2. The predicted octanol–water partition coefficient (Wildman–Crippen LogP) is 4.38. The fraction of sp³-hybridized carbons (Fsp3) is 0.550. The van der Waals surface area contributed by atoms with Gasteiger partial charge in [-0.2, -0.15) is 0 Å². The zero-order valence-electron chi connectivity index (χ0n) is 16.1. The molecule has 0 N–H and O–H groups in total. The summed E-state index contributed by atoms with van der Waals surface area (Å²) in [5, 5.41) is 7.47. The quantitative estimate of drug-likeness (QED) is 0.488. The summed E-state index contributed by atoms with van der Waals surface area (Å²) in [5.41, 5.74) is 0.903. The zero-order valence-corrected chi connectivity index (χ0v) is 20.2. The van der Waals surface area contributed by atoms with Gasteiger partial charge in [-0.25, -0.2) is 0 Å². The van der Waals surface area contributed by atoms with Crippen molar-refractivity contribution in [1.82, 2.24) is 4.57 Å². The Morgan fingerprint density at radius 1 is 1.04 bits per heavy atom. The molecule has 0 bridgehead atoms. The van der Waals surface area contributed by atoms with E-state index in [1.54, 1.807) is 0 Å². The van der Waals surface area contributed by atoms with Crippen molar-refractivity contribution >= 4 is 39.0 Å². The number of hydrogen-bond donors (Lipinski definition) is 0. The minimum atomic E-state index is -1.38. The van der Waals surface area contributed by atoms with E-state index in [1.807, 2.05) is 0 Å². The second-order valence-electron chi connectivity index (χ2n) is 7.77. The van der Waals surface area contributed by atoms with Gasteiger partial charge in [0.25, 0.3) is 0 Å².